The summed E-state index contributed by atoms with van der Waals surface area (Å²) in [6.45, 7) is 13.3. The highest BCUT2D eigenvalue weighted by molar-refractivity contribution is 7.56. The first-order valence-corrected chi connectivity index (χ1v) is 13.2. The number of aryl methyl sites for hydroxylation is 6. The maximum atomic E-state index is 2.34. The molecule has 0 spiro atoms. The maximum Gasteiger partial charge on any atom is -0.00679 e. The molecule has 4 rings (SSSR count). The largest absolute Gasteiger partial charge is 0.0613 e. The second kappa shape index (κ2) is 9.70. The van der Waals surface area contributed by atoms with Crippen LogP contribution in [0.25, 0.3) is 11.1 Å². The summed E-state index contributed by atoms with van der Waals surface area (Å²) in [5, 5.41) is 5.72. The molecule has 4 aromatic rings. The summed E-state index contributed by atoms with van der Waals surface area (Å²) in [7, 11) is 1.30. The highest BCUT2D eigenvalue weighted by atomic mass is 31.1. The molecule has 0 radical (unpaired) electrons. The van der Waals surface area contributed by atoms with Crippen molar-refractivity contribution in [2.45, 2.75) is 41.5 Å². The molecule has 0 saturated heterocycles. The van der Waals surface area contributed by atoms with E-state index in [0.29, 0.717) is 17.2 Å². The van der Waals surface area contributed by atoms with Crippen molar-refractivity contribution in [3.63, 3.8) is 0 Å². The lowest BCUT2D eigenvalue weighted by atomic mass is 9.96. The monoisotopic (exact) mass is 454 g/mol. The van der Waals surface area contributed by atoms with E-state index in [-0.39, 0.29) is 0 Å². The van der Waals surface area contributed by atoms with Gasteiger partial charge in [-0.15, -0.1) is 0 Å². The molecule has 0 saturated carbocycles. The third kappa shape index (κ3) is 5.20. The number of rotatable bonds is 5. The van der Waals surface area contributed by atoms with Gasteiger partial charge < -0.3 is 0 Å². The van der Waals surface area contributed by atoms with E-state index in [4.69, 9.17) is 0 Å². The fourth-order valence-corrected chi connectivity index (χ4v) is 7.69. The molecule has 2 heteroatoms. The molecule has 0 N–H and O–H groups in total. The number of benzene rings is 4. The molecule has 0 bridgehead atoms. The van der Waals surface area contributed by atoms with Crippen molar-refractivity contribution in [3.8, 4) is 11.1 Å². The van der Waals surface area contributed by atoms with Crippen molar-refractivity contribution >= 4 is 38.4 Å². The van der Waals surface area contributed by atoms with Gasteiger partial charge in [-0.05, 0) is 85.0 Å². The molecule has 0 amide bonds. The van der Waals surface area contributed by atoms with Crippen molar-refractivity contribution < 1.29 is 0 Å². The van der Waals surface area contributed by atoms with E-state index in [1.807, 2.05) is 0 Å². The maximum absolute atomic E-state index is 2.34. The van der Waals surface area contributed by atoms with Crippen LogP contribution in [0.15, 0.2) is 72.8 Å². The third-order valence-electron chi connectivity index (χ3n) is 5.80. The van der Waals surface area contributed by atoms with Crippen LogP contribution in [0.5, 0.6) is 0 Å². The minimum Gasteiger partial charge on any atom is -0.0613 e. The van der Waals surface area contributed by atoms with Crippen molar-refractivity contribution in [1.82, 2.24) is 0 Å². The standard InChI is InChI=1S/C30H32P2/c1-19-13-20(2)16-25(15-19)31-27-11-7-9-23(5)29(27)30-24(6)10-8-12-28(30)32-26-17-21(3)14-22(4)18-26/h7-18,31-32H,1-6H3. The van der Waals surface area contributed by atoms with Crippen LogP contribution in [0.2, 0.25) is 0 Å². The molecule has 0 aliphatic rings. The van der Waals surface area contributed by atoms with Crippen LogP contribution in [-0.2, 0) is 0 Å². The van der Waals surface area contributed by atoms with Crippen LogP contribution < -0.4 is 21.2 Å². The summed E-state index contributed by atoms with van der Waals surface area (Å²) in [5.74, 6) is 0. The first-order valence-electron chi connectivity index (χ1n) is 11.2. The Kier molecular flexibility index (Phi) is 6.95. The Morgan fingerprint density at radius 2 is 0.781 bits per heavy atom. The molecular formula is C30H32P2. The Labute approximate surface area is 197 Å². The quantitative estimate of drug-likeness (QED) is 0.304. The van der Waals surface area contributed by atoms with Crippen molar-refractivity contribution in [1.29, 1.82) is 0 Å². The summed E-state index contributed by atoms with van der Waals surface area (Å²) in [5.41, 5.74) is 10.9. The van der Waals surface area contributed by atoms with Gasteiger partial charge in [-0.1, -0.05) is 112 Å². The van der Waals surface area contributed by atoms with Crippen LogP contribution in [-0.4, -0.2) is 0 Å². The molecule has 0 heterocycles. The third-order valence-corrected chi connectivity index (χ3v) is 8.32. The van der Waals surface area contributed by atoms with Gasteiger partial charge in [-0.25, -0.2) is 0 Å². The summed E-state index contributed by atoms with van der Waals surface area (Å²) >= 11 is 0. The van der Waals surface area contributed by atoms with Crippen LogP contribution in [0, 0.1) is 41.5 Å². The molecule has 32 heavy (non-hydrogen) atoms. The van der Waals surface area contributed by atoms with Gasteiger partial charge >= 0.3 is 0 Å². The molecule has 0 fully saturated rings. The first kappa shape index (κ1) is 22.9. The Morgan fingerprint density at radius 3 is 1.12 bits per heavy atom. The van der Waals surface area contributed by atoms with Gasteiger partial charge in [0.1, 0.15) is 0 Å². The minimum atomic E-state index is 0.650. The van der Waals surface area contributed by atoms with Crippen molar-refractivity contribution in [2.24, 2.45) is 0 Å². The van der Waals surface area contributed by atoms with Crippen LogP contribution in [0.1, 0.15) is 33.4 Å². The second-order valence-electron chi connectivity index (χ2n) is 9.00. The van der Waals surface area contributed by atoms with Crippen molar-refractivity contribution in [2.75, 3.05) is 0 Å². The van der Waals surface area contributed by atoms with Gasteiger partial charge in [-0.3, -0.25) is 0 Å². The van der Waals surface area contributed by atoms with Crippen LogP contribution >= 0.6 is 17.2 Å². The molecule has 2 atom stereocenters. The van der Waals surface area contributed by atoms with Crippen LogP contribution in [0.4, 0.5) is 0 Å². The van der Waals surface area contributed by atoms with Gasteiger partial charge in [0.25, 0.3) is 0 Å². The van der Waals surface area contributed by atoms with E-state index in [9.17, 15) is 0 Å². The highest BCUT2D eigenvalue weighted by Crippen LogP contribution is 2.32. The molecule has 0 nitrogen and oxygen atoms in total. The van der Waals surface area contributed by atoms with E-state index in [2.05, 4.69) is 114 Å². The average Bonchev–Trinajstić information content (AvgIpc) is 2.68. The Morgan fingerprint density at radius 1 is 0.438 bits per heavy atom. The predicted octanol–water partition coefficient (Wildman–Crippen LogP) is 6.46. The SMILES string of the molecule is Cc1cc(C)cc(Pc2cccc(C)c2-c2c(C)cccc2Pc2cc(C)cc(C)c2)c1. The number of hydrogen-bond acceptors (Lipinski definition) is 0. The van der Waals surface area contributed by atoms with E-state index in [1.54, 1.807) is 0 Å². The lowest BCUT2D eigenvalue weighted by Crippen LogP contribution is -2.15. The molecular weight excluding hydrogens is 422 g/mol. The summed E-state index contributed by atoms with van der Waals surface area (Å²) in [6.07, 6.45) is 0. The summed E-state index contributed by atoms with van der Waals surface area (Å²) < 4.78 is 0. The van der Waals surface area contributed by atoms with Gasteiger partial charge in [0, 0.05) is 0 Å². The van der Waals surface area contributed by atoms with Gasteiger partial charge in [0.15, 0.2) is 0 Å². The van der Waals surface area contributed by atoms with E-state index in [0.717, 1.165) is 0 Å². The lowest BCUT2D eigenvalue weighted by molar-refractivity contribution is 1.40. The normalized spacial score (nSPS) is 11.8. The fraction of sp³-hybridized carbons (Fsp3) is 0.200. The Bertz CT molecular complexity index is 1140. The average molecular weight is 455 g/mol. The molecule has 4 aromatic carbocycles. The van der Waals surface area contributed by atoms with Gasteiger partial charge in [-0.2, -0.15) is 0 Å². The smallest absolute Gasteiger partial charge is 0.00679 e. The zero-order valence-corrected chi connectivity index (χ0v) is 21.9. The Hall–Kier alpha value is -2.26. The van der Waals surface area contributed by atoms with Gasteiger partial charge in [0.05, 0.1) is 0 Å². The topological polar surface area (TPSA) is 0 Å². The number of hydrogen-bond donors (Lipinski definition) is 0. The van der Waals surface area contributed by atoms with E-state index in [1.165, 1.54) is 65.7 Å². The van der Waals surface area contributed by atoms with Gasteiger partial charge in [0.2, 0.25) is 0 Å². The second-order valence-corrected chi connectivity index (χ2v) is 11.7. The molecule has 162 valence electrons. The Balaban J connectivity index is 1.83. The van der Waals surface area contributed by atoms with E-state index < -0.39 is 0 Å². The first-order chi connectivity index (χ1) is 15.3. The zero-order valence-electron chi connectivity index (χ0n) is 19.9. The molecule has 2 unspecified atom stereocenters. The molecule has 0 aromatic heterocycles. The van der Waals surface area contributed by atoms with Crippen LogP contribution in [0.3, 0.4) is 0 Å². The predicted molar refractivity (Wildman–Crippen MR) is 148 cm³/mol. The fourth-order valence-electron chi connectivity index (χ4n) is 4.61. The molecule has 0 aliphatic heterocycles. The minimum absolute atomic E-state index is 0.650. The zero-order chi connectivity index (χ0) is 22.8. The summed E-state index contributed by atoms with van der Waals surface area (Å²) in [4.78, 5) is 0. The van der Waals surface area contributed by atoms with E-state index >= 15 is 0 Å². The summed E-state index contributed by atoms with van der Waals surface area (Å²) in [6, 6.07) is 27.5. The molecule has 0 aliphatic carbocycles. The van der Waals surface area contributed by atoms with Crippen molar-refractivity contribution in [3.05, 3.63) is 106 Å². The highest BCUT2D eigenvalue weighted by Gasteiger charge is 2.16. The lowest BCUT2D eigenvalue weighted by Gasteiger charge is -2.20.